The molecule has 0 radical (unpaired) electrons. The van der Waals surface area contributed by atoms with E-state index in [-0.39, 0.29) is 0 Å². The van der Waals surface area contributed by atoms with Crippen LogP contribution in [0.3, 0.4) is 0 Å². The van der Waals surface area contributed by atoms with Crippen molar-refractivity contribution >= 4 is 0 Å². The number of aromatic nitrogens is 4. The lowest BCUT2D eigenvalue weighted by molar-refractivity contribution is 0.664. The van der Waals surface area contributed by atoms with E-state index in [1.165, 1.54) is 0 Å². The molecule has 0 aliphatic carbocycles. The molecule has 20 heavy (non-hydrogen) atoms. The summed E-state index contributed by atoms with van der Waals surface area (Å²) in [7, 11) is 0. The van der Waals surface area contributed by atoms with Crippen LogP contribution in [0.5, 0.6) is 0 Å². The number of rotatable bonds is 6. The van der Waals surface area contributed by atoms with Crippen molar-refractivity contribution < 1.29 is 0 Å². The topological polar surface area (TPSA) is 55.6 Å². The van der Waals surface area contributed by atoms with Crippen molar-refractivity contribution in [2.75, 3.05) is 6.54 Å². The Bertz CT molecular complexity index is 559. The fourth-order valence-electron chi connectivity index (χ4n) is 1.92. The molecule has 0 aromatic carbocycles. The number of aryl methyl sites for hydroxylation is 1. The first-order valence-electron chi connectivity index (χ1n) is 7.21. The Balaban J connectivity index is 2.15. The first-order valence-corrected chi connectivity index (χ1v) is 7.21. The van der Waals surface area contributed by atoms with E-state index in [4.69, 9.17) is 0 Å². The van der Waals surface area contributed by atoms with Crippen molar-refractivity contribution in [3.8, 4) is 5.95 Å². The van der Waals surface area contributed by atoms with Gasteiger partial charge in [0.25, 0.3) is 5.95 Å². The largest absolute Gasteiger partial charge is 0.313 e. The van der Waals surface area contributed by atoms with Crippen LogP contribution in [-0.2, 0) is 6.54 Å². The van der Waals surface area contributed by atoms with E-state index in [1.54, 1.807) is 4.68 Å². The lowest BCUT2D eigenvalue weighted by Gasteiger charge is -2.08. The predicted molar refractivity (Wildman–Crippen MR) is 80.0 cm³/mol. The molecule has 0 unspecified atom stereocenters. The minimum atomic E-state index is 0.412. The van der Waals surface area contributed by atoms with Crippen LogP contribution >= 0.6 is 0 Å². The summed E-state index contributed by atoms with van der Waals surface area (Å²) in [6.45, 7) is 10.3. The molecule has 0 atom stereocenters. The fourth-order valence-corrected chi connectivity index (χ4v) is 1.92. The molecule has 2 aromatic rings. The fraction of sp³-hybridized carbons (Fsp3) is 0.533. The van der Waals surface area contributed by atoms with Crippen LogP contribution in [0.1, 0.15) is 50.1 Å². The van der Waals surface area contributed by atoms with Crippen LogP contribution in [0.15, 0.2) is 18.5 Å². The second-order valence-electron chi connectivity index (χ2n) is 5.30. The average Bonchev–Trinajstić information content (AvgIpc) is 2.90. The molecule has 2 heterocycles. The van der Waals surface area contributed by atoms with E-state index in [2.05, 4.69) is 41.2 Å². The zero-order valence-corrected chi connectivity index (χ0v) is 12.7. The third kappa shape index (κ3) is 3.42. The number of nitrogens with zero attached hydrogens (tertiary/aromatic N) is 4. The van der Waals surface area contributed by atoms with Gasteiger partial charge >= 0.3 is 0 Å². The van der Waals surface area contributed by atoms with E-state index < -0.39 is 0 Å². The van der Waals surface area contributed by atoms with Gasteiger partial charge in [-0.25, -0.2) is 14.6 Å². The molecular weight excluding hydrogens is 250 g/mol. The van der Waals surface area contributed by atoms with E-state index in [0.29, 0.717) is 11.9 Å². The number of hydrogen-bond acceptors (Lipinski definition) is 4. The second-order valence-corrected chi connectivity index (χ2v) is 5.30. The highest BCUT2D eigenvalue weighted by Crippen LogP contribution is 2.13. The van der Waals surface area contributed by atoms with E-state index in [0.717, 1.165) is 36.5 Å². The van der Waals surface area contributed by atoms with Gasteiger partial charge in [0.1, 0.15) is 0 Å². The van der Waals surface area contributed by atoms with Crippen LogP contribution < -0.4 is 5.32 Å². The third-order valence-electron chi connectivity index (χ3n) is 3.22. The lowest BCUT2D eigenvalue weighted by Crippen LogP contribution is -2.16. The number of hydrogen-bond donors (Lipinski definition) is 1. The van der Waals surface area contributed by atoms with Crippen LogP contribution in [0.25, 0.3) is 5.95 Å². The summed E-state index contributed by atoms with van der Waals surface area (Å²) in [4.78, 5) is 8.95. The van der Waals surface area contributed by atoms with Gasteiger partial charge in [0, 0.05) is 30.2 Å². The summed E-state index contributed by atoms with van der Waals surface area (Å²) >= 11 is 0. The van der Waals surface area contributed by atoms with Gasteiger partial charge in [-0.2, -0.15) is 5.10 Å². The van der Waals surface area contributed by atoms with Gasteiger partial charge in [-0.3, -0.25) is 0 Å². The average molecular weight is 273 g/mol. The summed E-state index contributed by atoms with van der Waals surface area (Å²) in [5.74, 6) is 1.04. The molecule has 5 nitrogen and oxygen atoms in total. The summed E-state index contributed by atoms with van der Waals surface area (Å²) < 4.78 is 1.74. The molecule has 0 amide bonds. The summed E-state index contributed by atoms with van der Waals surface area (Å²) in [5, 5.41) is 7.87. The standard InChI is InChI=1S/C15H23N5/c1-5-7-16-9-13-10-17-15(18-12(13)4)20-8-6-14(19-20)11(2)3/h6,8,10-11,16H,5,7,9H2,1-4H3. The third-order valence-corrected chi connectivity index (χ3v) is 3.22. The van der Waals surface area contributed by atoms with Crippen molar-refractivity contribution in [1.82, 2.24) is 25.1 Å². The second kappa shape index (κ2) is 6.61. The van der Waals surface area contributed by atoms with E-state index >= 15 is 0 Å². The normalized spacial score (nSPS) is 11.2. The minimum Gasteiger partial charge on any atom is -0.313 e. The molecule has 2 aromatic heterocycles. The highest BCUT2D eigenvalue weighted by molar-refractivity contribution is 5.22. The first-order chi connectivity index (χ1) is 9.61. The van der Waals surface area contributed by atoms with Crippen LogP contribution in [0.4, 0.5) is 0 Å². The van der Waals surface area contributed by atoms with Gasteiger partial charge in [-0.05, 0) is 31.9 Å². The number of nitrogens with one attached hydrogen (secondary N) is 1. The van der Waals surface area contributed by atoms with Crippen LogP contribution in [0, 0.1) is 6.92 Å². The van der Waals surface area contributed by atoms with E-state index in [9.17, 15) is 0 Å². The van der Waals surface area contributed by atoms with Crippen molar-refractivity contribution in [3.05, 3.63) is 35.4 Å². The minimum absolute atomic E-state index is 0.412. The maximum absolute atomic E-state index is 4.54. The monoisotopic (exact) mass is 273 g/mol. The lowest BCUT2D eigenvalue weighted by atomic mass is 10.1. The Morgan fingerprint density at radius 3 is 2.75 bits per heavy atom. The van der Waals surface area contributed by atoms with Gasteiger partial charge in [0.05, 0.1) is 5.69 Å². The van der Waals surface area contributed by atoms with Crippen molar-refractivity contribution in [2.45, 2.75) is 46.6 Å². The molecule has 0 bridgehead atoms. The van der Waals surface area contributed by atoms with Crippen LogP contribution in [0.2, 0.25) is 0 Å². The Hall–Kier alpha value is -1.75. The molecule has 0 saturated carbocycles. The Morgan fingerprint density at radius 2 is 2.15 bits per heavy atom. The highest BCUT2D eigenvalue weighted by Gasteiger charge is 2.08. The molecule has 5 heteroatoms. The van der Waals surface area contributed by atoms with Crippen LogP contribution in [-0.4, -0.2) is 26.3 Å². The van der Waals surface area contributed by atoms with Crippen molar-refractivity contribution in [1.29, 1.82) is 0 Å². The molecule has 108 valence electrons. The van der Waals surface area contributed by atoms with E-state index in [1.807, 2.05) is 25.4 Å². The molecular formula is C15H23N5. The molecule has 0 saturated heterocycles. The predicted octanol–water partition coefficient (Wildman–Crippen LogP) is 2.59. The molecule has 0 aliphatic rings. The van der Waals surface area contributed by atoms with Gasteiger partial charge in [-0.1, -0.05) is 20.8 Å². The molecule has 0 fully saturated rings. The molecule has 2 rings (SSSR count). The van der Waals surface area contributed by atoms with Crippen molar-refractivity contribution in [2.24, 2.45) is 0 Å². The van der Waals surface area contributed by atoms with Gasteiger partial charge in [0.2, 0.25) is 0 Å². The molecule has 1 N–H and O–H groups in total. The quantitative estimate of drug-likeness (QED) is 0.822. The highest BCUT2D eigenvalue weighted by atomic mass is 15.3. The Kier molecular flexibility index (Phi) is 4.84. The maximum atomic E-state index is 4.54. The Labute approximate surface area is 120 Å². The Morgan fingerprint density at radius 1 is 1.35 bits per heavy atom. The summed E-state index contributed by atoms with van der Waals surface area (Å²) in [6.07, 6.45) is 4.93. The first kappa shape index (κ1) is 14.7. The molecule has 0 spiro atoms. The summed E-state index contributed by atoms with van der Waals surface area (Å²) in [5.41, 5.74) is 3.19. The molecule has 0 aliphatic heterocycles. The smallest absolute Gasteiger partial charge is 0.250 e. The van der Waals surface area contributed by atoms with Gasteiger partial charge in [-0.15, -0.1) is 0 Å². The zero-order valence-electron chi connectivity index (χ0n) is 12.7. The maximum Gasteiger partial charge on any atom is 0.250 e. The van der Waals surface area contributed by atoms with Gasteiger partial charge in [0.15, 0.2) is 0 Å². The van der Waals surface area contributed by atoms with Gasteiger partial charge < -0.3 is 5.32 Å². The summed E-state index contributed by atoms with van der Waals surface area (Å²) in [6, 6.07) is 2.01. The SMILES string of the molecule is CCCNCc1cnc(-n2ccc(C(C)C)n2)nc1C. The van der Waals surface area contributed by atoms with Crippen molar-refractivity contribution in [3.63, 3.8) is 0 Å². The zero-order chi connectivity index (χ0) is 14.5.